The number of carboxylic acid groups (broad SMARTS) is 1. The van der Waals surface area contributed by atoms with Gasteiger partial charge in [-0.15, -0.1) is 0 Å². The molecular weight excluding hydrogens is 674 g/mol. The van der Waals surface area contributed by atoms with Gasteiger partial charge in [-0.05, 0) is 54.5 Å². The van der Waals surface area contributed by atoms with Gasteiger partial charge in [0.25, 0.3) is 0 Å². The van der Waals surface area contributed by atoms with Crippen molar-refractivity contribution in [2.24, 2.45) is 11.1 Å². The van der Waals surface area contributed by atoms with Gasteiger partial charge in [0.15, 0.2) is 0 Å². The van der Waals surface area contributed by atoms with Crippen molar-refractivity contribution < 1.29 is 43.0 Å². The number of ketones is 2. The first-order valence-electron chi connectivity index (χ1n) is 17.5. The van der Waals surface area contributed by atoms with Gasteiger partial charge in [0.05, 0.1) is 12.1 Å². The smallest absolute Gasteiger partial charge is 0.326 e. The Morgan fingerprint density at radius 1 is 0.942 bits per heavy atom. The minimum atomic E-state index is -1.39. The predicted molar refractivity (Wildman–Crippen MR) is 192 cm³/mol. The fourth-order valence-corrected chi connectivity index (χ4v) is 6.14. The molecule has 11 nitrogen and oxygen atoms in total. The molecule has 1 aromatic heterocycles. The van der Waals surface area contributed by atoms with Crippen molar-refractivity contribution in [3.05, 3.63) is 83.7 Å². The lowest BCUT2D eigenvalue weighted by molar-refractivity contribution is -0.142. The maximum Gasteiger partial charge on any atom is 0.326 e. The minimum absolute atomic E-state index is 0.0285. The van der Waals surface area contributed by atoms with Crippen molar-refractivity contribution in [1.82, 2.24) is 14.8 Å². The van der Waals surface area contributed by atoms with Gasteiger partial charge in [0, 0.05) is 61.8 Å². The molecule has 52 heavy (non-hydrogen) atoms. The third-order valence-corrected chi connectivity index (χ3v) is 8.88. The van der Waals surface area contributed by atoms with E-state index in [1.807, 2.05) is 55.7 Å². The monoisotopic (exact) mass is 724 g/mol. The van der Waals surface area contributed by atoms with Crippen LogP contribution >= 0.6 is 0 Å². The fraction of sp³-hybridized carbons (Fsp3) is 0.462. The standard InChI is InChI=1S/C39H50F2N4O7/c1-5-28(47)12-9-13-29(48)15-17-33(38(51)52)43-37(50)32(42)18-19-45(35(49)24-46)36(39(2,3)4)34-20-26(30-21-27(40)14-16-31(30)41)23-44(34)22-25-10-7-6-8-11-25/h6-8,10-11,14,16,20-21,23,32-33,36,46H,5,9,12-13,15,17-19,22,24,42H2,1-4H3,(H,43,50)(H,51,52)/t32-,33?,36?/m0/s1. The first-order chi connectivity index (χ1) is 24.5. The number of carboxylic acids is 1. The molecule has 2 amide bonds. The summed E-state index contributed by atoms with van der Waals surface area (Å²) in [4.78, 5) is 63.7. The number of carbonyl (C=O) groups is 5. The molecule has 0 aliphatic heterocycles. The Morgan fingerprint density at radius 2 is 1.62 bits per heavy atom. The van der Waals surface area contributed by atoms with Gasteiger partial charge >= 0.3 is 5.97 Å². The third kappa shape index (κ3) is 11.9. The molecule has 13 heteroatoms. The number of aliphatic carboxylic acids is 1. The van der Waals surface area contributed by atoms with E-state index in [-0.39, 0.29) is 55.8 Å². The number of nitrogens with zero attached hydrogens (tertiary/aromatic N) is 2. The summed E-state index contributed by atoms with van der Waals surface area (Å²) in [5.74, 6) is -4.25. The van der Waals surface area contributed by atoms with E-state index >= 15 is 4.39 Å². The number of nitrogens with two attached hydrogens (primary N) is 1. The maximum atomic E-state index is 15.0. The molecule has 0 spiro atoms. The highest BCUT2D eigenvalue weighted by molar-refractivity contribution is 5.87. The number of rotatable bonds is 20. The molecule has 1 heterocycles. The summed E-state index contributed by atoms with van der Waals surface area (Å²) in [7, 11) is 0. The number of carbonyl (C=O) groups excluding carboxylic acids is 4. The summed E-state index contributed by atoms with van der Waals surface area (Å²) in [5.41, 5.74) is 7.38. The molecule has 0 saturated carbocycles. The number of amides is 2. The quantitative estimate of drug-likeness (QED) is 0.124. The lowest BCUT2D eigenvalue weighted by Gasteiger charge is -2.41. The number of Topliss-reactive ketones (excluding diaryl/α,β-unsaturated/α-hetero) is 2. The predicted octanol–water partition coefficient (Wildman–Crippen LogP) is 5.18. The Kier molecular flexibility index (Phi) is 15.4. The number of hydrogen-bond donors (Lipinski definition) is 4. The lowest BCUT2D eigenvalue weighted by atomic mass is 9.82. The van der Waals surface area contributed by atoms with Crippen LogP contribution in [0.2, 0.25) is 0 Å². The van der Waals surface area contributed by atoms with Gasteiger partial charge in [-0.2, -0.15) is 0 Å². The first-order valence-corrected chi connectivity index (χ1v) is 17.5. The molecule has 2 unspecified atom stereocenters. The van der Waals surface area contributed by atoms with Crippen molar-refractivity contribution in [2.45, 2.75) is 97.3 Å². The first kappa shape index (κ1) is 41.7. The van der Waals surface area contributed by atoms with E-state index in [0.717, 1.165) is 23.8 Å². The second-order valence-electron chi connectivity index (χ2n) is 14.0. The maximum absolute atomic E-state index is 15.0. The zero-order chi connectivity index (χ0) is 38.6. The Hall–Kier alpha value is -4.75. The van der Waals surface area contributed by atoms with Crippen LogP contribution in [0.25, 0.3) is 11.1 Å². The average molecular weight is 725 g/mol. The molecular formula is C39H50F2N4O7. The van der Waals surface area contributed by atoms with Gasteiger partial charge in [0.1, 0.15) is 35.8 Å². The molecule has 282 valence electrons. The van der Waals surface area contributed by atoms with Crippen LogP contribution in [0, 0.1) is 17.0 Å². The summed E-state index contributed by atoms with van der Waals surface area (Å²) in [6.07, 6.45) is 2.44. The van der Waals surface area contributed by atoms with Gasteiger partial charge in [0.2, 0.25) is 11.8 Å². The average Bonchev–Trinajstić information content (AvgIpc) is 3.50. The number of halogens is 2. The molecule has 0 bridgehead atoms. The fourth-order valence-electron chi connectivity index (χ4n) is 6.14. The van der Waals surface area contributed by atoms with Crippen LogP contribution < -0.4 is 11.1 Å². The van der Waals surface area contributed by atoms with Gasteiger partial charge in [-0.1, -0.05) is 58.0 Å². The largest absolute Gasteiger partial charge is 0.480 e. The number of aromatic nitrogens is 1. The summed E-state index contributed by atoms with van der Waals surface area (Å²) in [5, 5.41) is 22.2. The van der Waals surface area contributed by atoms with Crippen molar-refractivity contribution in [3.63, 3.8) is 0 Å². The molecule has 2 aromatic carbocycles. The molecule has 5 N–H and O–H groups in total. The Balaban J connectivity index is 1.86. The van der Waals surface area contributed by atoms with Crippen molar-refractivity contribution >= 4 is 29.4 Å². The van der Waals surface area contributed by atoms with E-state index in [0.29, 0.717) is 30.6 Å². The Labute approximate surface area is 303 Å². The molecule has 0 fully saturated rings. The SMILES string of the molecule is CCC(=O)CCCC(=O)CCC(NC(=O)[C@@H](N)CCN(C(=O)CO)C(c1cc(-c2cc(F)ccc2F)cn1Cc1ccccc1)C(C)(C)C)C(=O)O. The number of nitrogens with one attached hydrogen (secondary N) is 1. The second-order valence-corrected chi connectivity index (χ2v) is 14.0. The molecule has 0 radical (unpaired) electrons. The number of aliphatic hydroxyl groups is 1. The van der Waals surface area contributed by atoms with E-state index in [2.05, 4.69) is 5.32 Å². The molecule has 3 rings (SSSR count). The highest BCUT2D eigenvalue weighted by Gasteiger charge is 2.37. The topological polar surface area (TPSA) is 172 Å². The van der Waals surface area contributed by atoms with Gasteiger partial charge < -0.3 is 30.7 Å². The van der Waals surface area contributed by atoms with Crippen LogP contribution in [0.4, 0.5) is 8.78 Å². The van der Waals surface area contributed by atoms with Gasteiger partial charge in [-0.3, -0.25) is 19.2 Å². The van der Waals surface area contributed by atoms with Crippen molar-refractivity contribution in [2.75, 3.05) is 13.2 Å². The van der Waals surface area contributed by atoms with Crippen LogP contribution in [-0.4, -0.2) is 74.3 Å². The molecule has 0 saturated heterocycles. The zero-order valence-electron chi connectivity index (χ0n) is 30.2. The Morgan fingerprint density at radius 3 is 2.23 bits per heavy atom. The number of hydrogen-bond acceptors (Lipinski definition) is 7. The summed E-state index contributed by atoms with van der Waals surface area (Å²) < 4.78 is 31.1. The lowest BCUT2D eigenvalue weighted by Crippen LogP contribution is -2.50. The van der Waals surface area contributed by atoms with Crippen LogP contribution in [0.15, 0.2) is 60.8 Å². The molecule has 0 aliphatic rings. The van der Waals surface area contributed by atoms with E-state index in [4.69, 9.17) is 5.73 Å². The number of aliphatic hydroxyl groups excluding tert-OH is 1. The Bertz CT molecular complexity index is 1700. The normalized spacial score (nSPS) is 13.2. The van der Waals surface area contributed by atoms with Crippen LogP contribution in [0.1, 0.15) is 89.9 Å². The summed E-state index contributed by atoms with van der Waals surface area (Å²) in [6, 6.07) is 10.8. The highest BCUT2D eigenvalue weighted by atomic mass is 19.1. The van der Waals surface area contributed by atoms with Crippen LogP contribution in [0.3, 0.4) is 0 Å². The summed E-state index contributed by atoms with van der Waals surface area (Å²) >= 11 is 0. The van der Waals surface area contributed by atoms with Crippen LogP contribution in [0.5, 0.6) is 0 Å². The molecule has 3 atom stereocenters. The molecule has 0 aliphatic carbocycles. The van der Waals surface area contributed by atoms with E-state index in [9.17, 15) is 38.6 Å². The van der Waals surface area contributed by atoms with Crippen LogP contribution in [-0.2, 0) is 30.5 Å². The number of benzene rings is 2. The van der Waals surface area contributed by atoms with E-state index in [1.165, 1.54) is 4.90 Å². The summed E-state index contributed by atoms with van der Waals surface area (Å²) in [6.45, 7) is 6.71. The van der Waals surface area contributed by atoms with Crippen molar-refractivity contribution in [3.8, 4) is 11.1 Å². The third-order valence-electron chi connectivity index (χ3n) is 8.88. The van der Waals surface area contributed by atoms with Crippen molar-refractivity contribution in [1.29, 1.82) is 0 Å². The van der Waals surface area contributed by atoms with E-state index < -0.39 is 59.6 Å². The van der Waals surface area contributed by atoms with Gasteiger partial charge in [-0.25, -0.2) is 13.6 Å². The minimum Gasteiger partial charge on any atom is -0.480 e. The highest BCUT2D eigenvalue weighted by Crippen LogP contribution is 2.41. The zero-order valence-corrected chi connectivity index (χ0v) is 30.2. The second kappa shape index (κ2) is 19.2. The van der Waals surface area contributed by atoms with E-state index in [1.54, 1.807) is 19.2 Å². The molecule has 3 aromatic rings.